The molecule has 100 valence electrons. The molecule has 0 heterocycles. The van der Waals surface area contributed by atoms with Crippen LogP contribution in [0.4, 0.5) is 0 Å². The Balaban J connectivity index is 2.21. The van der Waals surface area contributed by atoms with E-state index in [1.54, 1.807) is 0 Å². The molecular weight excluding hydrogens is 288 g/mol. The number of halogens is 1. The first-order valence-electron chi connectivity index (χ1n) is 6.97. The van der Waals surface area contributed by atoms with Crippen molar-refractivity contribution in [1.82, 2.24) is 5.43 Å². The molecule has 0 amide bonds. The molecule has 1 fully saturated rings. The number of hydrogen-bond donors (Lipinski definition) is 2. The van der Waals surface area contributed by atoms with Gasteiger partial charge in [-0.25, -0.2) is 0 Å². The Morgan fingerprint density at radius 1 is 1.39 bits per heavy atom. The Labute approximate surface area is 118 Å². The Morgan fingerprint density at radius 2 is 2.17 bits per heavy atom. The first-order chi connectivity index (χ1) is 8.76. The highest BCUT2D eigenvalue weighted by atomic mass is 79.9. The Kier molecular flexibility index (Phi) is 5.22. The van der Waals surface area contributed by atoms with E-state index in [4.69, 9.17) is 5.84 Å². The second-order valence-electron chi connectivity index (χ2n) is 5.32. The van der Waals surface area contributed by atoms with Crippen LogP contribution in [-0.4, -0.2) is 0 Å². The summed E-state index contributed by atoms with van der Waals surface area (Å²) in [7, 11) is 0. The minimum Gasteiger partial charge on any atom is -0.271 e. The van der Waals surface area contributed by atoms with Gasteiger partial charge in [0.25, 0.3) is 0 Å². The van der Waals surface area contributed by atoms with Crippen LogP contribution in [0.25, 0.3) is 0 Å². The Bertz CT molecular complexity index is 381. The molecule has 0 aliphatic heterocycles. The fourth-order valence-electron chi connectivity index (χ4n) is 3.35. The van der Waals surface area contributed by atoms with Gasteiger partial charge in [-0.05, 0) is 36.0 Å². The zero-order valence-corrected chi connectivity index (χ0v) is 12.6. The average molecular weight is 311 g/mol. The molecule has 1 aromatic carbocycles. The maximum absolute atomic E-state index is 5.84. The molecule has 1 aliphatic carbocycles. The van der Waals surface area contributed by atoms with Gasteiger partial charge in [0.05, 0.1) is 0 Å². The lowest BCUT2D eigenvalue weighted by Crippen LogP contribution is -2.38. The van der Waals surface area contributed by atoms with E-state index in [2.05, 4.69) is 52.5 Å². The van der Waals surface area contributed by atoms with Crippen molar-refractivity contribution >= 4 is 15.9 Å². The van der Waals surface area contributed by atoms with E-state index < -0.39 is 0 Å². The molecule has 2 rings (SSSR count). The van der Waals surface area contributed by atoms with E-state index in [9.17, 15) is 0 Å². The normalized spacial score (nSPS) is 25.9. The van der Waals surface area contributed by atoms with Gasteiger partial charge >= 0.3 is 0 Å². The molecule has 2 nitrogen and oxygen atoms in total. The number of hydrazine groups is 1. The second kappa shape index (κ2) is 6.69. The molecule has 1 aromatic rings. The predicted molar refractivity (Wildman–Crippen MR) is 79.9 cm³/mol. The molecule has 1 saturated carbocycles. The third-order valence-electron chi connectivity index (χ3n) is 4.31. The maximum Gasteiger partial charge on any atom is 0.0491 e. The molecule has 0 saturated heterocycles. The van der Waals surface area contributed by atoms with Gasteiger partial charge in [0.15, 0.2) is 0 Å². The number of nitrogens with one attached hydrogen (secondary N) is 1. The first-order valence-corrected chi connectivity index (χ1v) is 7.77. The molecule has 0 aromatic heterocycles. The molecule has 18 heavy (non-hydrogen) atoms. The third-order valence-corrected chi connectivity index (χ3v) is 4.80. The van der Waals surface area contributed by atoms with E-state index in [0.717, 1.165) is 10.4 Å². The van der Waals surface area contributed by atoms with Crippen molar-refractivity contribution < 1.29 is 0 Å². The van der Waals surface area contributed by atoms with E-state index in [0.29, 0.717) is 5.92 Å². The molecule has 3 N–H and O–H groups in total. The van der Waals surface area contributed by atoms with E-state index >= 15 is 0 Å². The smallest absolute Gasteiger partial charge is 0.0491 e. The van der Waals surface area contributed by atoms with Gasteiger partial charge in [-0.2, -0.15) is 0 Å². The van der Waals surface area contributed by atoms with Crippen LogP contribution < -0.4 is 11.3 Å². The number of hydrogen-bond acceptors (Lipinski definition) is 2. The van der Waals surface area contributed by atoms with Crippen molar-refractivity contribution in [3.63, 3.8) is 0 Å². The quantitative estimate of drug-likeness (QED) is 0.647. The summed E-state index contributed by atoms with van der Waals surface area (Å²) in [6.07, 6.45) is 6.63. The third kappa shape index (κ3) is 3.14. The maximum atomic E-state index is 5.84. The summed E-state index contributed by atoms with van der Waals surface area (Å²) in [6.45, 7) is 2.30. The largest absolute Gasteiger partial charge is 0.271 e. The van der Waals surface area contributed by atoms with E-state index in [-0.39, 0.29) is 6.04 Å². The van der Waals surface area contributed by atoms with Crippen LogP contribution in [0.3, 0.4) is 0 Å². The van der Waals surface area contributed by atoms with Gasteiger partial charge in [-0.1, -0.05) is 60.7 Å². The molecule has 3 unspecified atom stereocenters. The van der Waals surface area contributed by atoms with Crippen molar-refractivity contribution in [3.8, 4) is 0 Å². The van der Waals surface area contributed by atoms with Crippen LogP contribution in [0.1, 0.15) is 50.6 Å². The monoisotopic (exact) mass is 310 g/mol. The highest BCUT2D eigenvalue weighted by Crippen LogP contribution is 2.40. The van der Waals surface area contributed by atoms with Gasteiger partial charge < -0.3 is 0 Å². The molecular formula is C15H23BrN2. The topological polar surface area (TPSA) is 38.0 Å². The minimum atomic E-state index is 0.285. The van der Waals surface area contributed by atoms with E-state index in [1.165, 1.54) is 37.7 Å². The second-order valence-corrected chi connectivity index (χ2v) is 6.23. The van der Waals surface area contributed by atoms with Crippen LogP contribution in [-0.2, 0) is 0 Å². The SMILES string of the molecule is CCC1CCCCC1C(NN)c1cccc(Br)c1. The van der Waals surface area contributed by atoms with Crippen molar-refractivity contribution in [2.24, 2.45) is 17.7 Å². The van der Waals surface area contributed by atoms with Crippen molar-refractivity contribution in [1.29, 1.82) is 0 Å². The van der Waals surface area contributed by atoms with Crippen LogP contribution >= 0.6 is 15.9 Å². The van der Waals surface area contributed by atoms with Crippen molar-refractivity contribution in [2.75, 3.05) is 0 Å². The van der Waals surface area contributed by atoms with Crippen LogP contribution in [0.15, 0.2) is 28.7 Å². The lowest BCUT2D eigenvalue weighted by molar-refractivity contribution is 0.176. The minimum absolute atomic E-state index is 0.285. The van der Waals surface area contributed by atoms with Gasteiger partial charge in [0.2, 0.25) is 0 Å². The summed E-state index contributed by atoms with van der Waals surface area (Å²) in [5.74, 6) is 7.31. The van der Waals surface area contributed by atoms with Crippen LogP contribution in [0.5, 0.6) is 0 Å². The highest BCUT2D eigenvalue weighted by molar-refractivity contribution is 9.10. The summed E-state index contributed by atoms with van der Waals surface area (Å²) in [4.78, 5) is 0. The molecule has 0 radical (unpaired) electrons. The Morgan fingerprint density at radius 3 is 2.83 bits per heavy atom. The lowest BCUT2D eigenvalue weighted by Gasteiger charge is -2.36. The standard InChI is InChI=1S/C15H23BrN2/c1-2-11-6-3-4-9-14(11)15(18-17)12-7-5-8-13(16)10-12/h5,7-8,10-11,14-15,18H,2-4,6,9,17H2,1H3. The summed E-state index contributed by atoms with van der Waals surface area (Å²) in [5, 5.41) is 0. The van der Waals surface area contributed by atoms with Crippen molar-refractivity contribution in [2.45, 2.75) is 45.1 Å². The highest BCUT2D eigenvalue weighted by Gasteiger charge is 2.31. The summed E-state index contributed by atoms with van der Waals surface area (Å²) in [5.41, 5.74) is 4.36. The van der Waals surface area contributed by atoms with Crippen LogP contribution in [0.2, 0.25) is 0 Å². The summed E-state index contributed by atoms with van der Waals surface area (Å²) >= 11 is 3.55. The van der Waals surface area contributed by atoms with Crippen molar-refractivity contribution in [3.05, 3.63) is 34.3 Å². The zero-order valence-electron chi connectivity index (χ0n) is 11.0. The van der Waals surface area contributed by atoms with Crippen LogP contribution in [0, 0.1) is 11.8 Å². The Hall–Kier alpha value is -0.380. The number of benzene rings is 1. The zero-order chi connectivity index (χ0) is 13.0. The summed E-state index contributed by atoms with van der Waals surface area (Å²) < 4.78 is 1.13. The van der Waals surface area contributed by atoms with Gasteiger partial charge in [-0.15, -0.1) is 0 Å². The molecule has 0 spiro atoms. The fraction of sp³-hybridized carbons (Fsp3) is 0.600. The molecule has 3 atom stereocenters. The first kappa shape index (κ1) is 14.0. The summed E-state index contributed by atoms with van der Waals surface area (Å²) in [6, 6.07) is 8.80. The molecule has 1 aliphatic rings. The van der Waals surface area contributed by atoms with E-state index in [1.807, 2.05) is 0 Å². The number of rotatable bonds is 4. The predicted octanol–water partition coefficient (Wildman–Crippen LogP) is 4.17. The fourth-order valence-corrected chi connectivity index (χ4v) is 3.77. The van der Waals surface area contributed by atoms with Gasteiger partial charge in [-0.3, -0.25) is 11.3 Å². The van der Waals surface area contributed by atoms with Gasteiger partial charge in [0.1, 0.15) is 0 Å². The lowest BCUT2D eigenvalue weighted by atomic mass is 9.72. The molecule has 3 heteroatoms. The average Bonchev–Trinajstić information content (AvgIpc) is 2.40. The van der Waals surface area contributed by atoms with Gasteiger partial charge in [0, 0.05) is 10.5 Å². The molecule has 0 bridgehead atoms. The number of nitrogens with two attached hydrogens (primary N) is 1.